The largest absolute Gasteiger partial charge is 2.00 e. The Balaban J connectivity index is 0. The molecular weight excluding hydrogens is 504 g/mol. The number of halogens is 1. The predicted molar refractivity (Wildman–Crippen MR) is 84.0 cm³/mol. The predicted octanol–water partition coefficient (Wildman–Crippen LogP) is 3.94. The molecule has 0 saturated carbocycles. The first-order valence-electron chi connectivity index (χ1n) is 6.31. The Morgan fingerprint density at radius 1 is 1.33 bits per heavy atom. The molecule has 0 aromatic heterocycles. The molecule has 0 amide bonds. The fourth-order valence-corrected chi connectivity index (χ4v) is 1.44. The van der Waals surface area contributed by atoms with Gasteiger partial charge in [-0.3, -0.25) is 4.79 Å². The average Bonchev–Trinajstić information content (AvgIpc) is 2.36. The normalized spacial score (nSPS) is 9.57. The van der Waals surface area contributed by atoms with Crippen molar-refractivity contribution in [2.24, 2.45) is 0 Å². The van der Waals surface area contributed by atoms with Crippen molar-refractivity contribution in [2.75, 3.05) is 0 Å². The molecule has 0 bridgehead atoms. The zero-order valence-electron chi connectivity index (χ0n) is 12.6. The van der Waals surface area contributed by atoms with Gasteiger partial charge in [0.1, 0.15) is 5.60 Å². The molecule has 0 aliphatic rings. The molecule has 116 valence electrons. The summed E-state index contributed by atoms with van der Waals surface area (Å²) in [6.07, 6.45) is 2.74. The minimum absolute atomic E-state index is 0. The number of carbonyl (C=O) groups is 2. The van der Waals surface area contributed by atoms with E-state index in [-0.39, 0.29) is 33.5 Å². The van der Waals surface area contributed by atoms with Crippen molar-refractivity contribution in [3.05, 3.63) is 47.6 Å². The molecule has 1 aromatic rings. The van der Waals surface area contributed by atoms with Crippen LogP contribution in [0.25, 0.3) is 0 Å². The van der Waals surface area contributed by atoms with Gasteiger partial charge < -0.3 is 22.9 Å². The summed E-state index contributed by atoms with van der Waals surface area (Å²) in [5.74, 6) is -0.371. The summed E-state index contributed by atoms with van der Waals surface area (Å²) in [7, 11) is 0. The van der Waals surface area contributed by atoms with Crippen LogP contribution in [0.3, 0.4) is 0 Å². The Morgan fingerprint density at radius 3 is 2.24 bits per heavy atom. The van der Waals surface area contributed by atoms with Crippen molar-refractivity contribution in [3.63, 3.8) is 0 Å². The molecular formula is C16H21BrO3W. The first-order chi connectivity index (χ1) is 9.28. The molecule has 0 N–H and O–H groups in total. The summed E-state index contributed by atoms with van der Waals surface area (Å²) in [5, 5.41) is 0. The third-order valence-electron chi connectivity index (χ3n) is 2.00. The molecule has 0 unspecified atom stereocenters. The number of ether oxygens (including phenoxy) is 1. The maximum Gasteiger partial charge on any atom is 2.00 e. The molecule has 1 aromatic carbocycles. The molecule has 0 radical (unpaired) electrons. The van der Waals surface area contributed by atoms with Crippen LogP contribution in [0.4, 0.5) is 0 Å². The number of carbonyl (C=O) groups excluding carboxylic acids is 2. The molecule has 5 heteroatoms. The van der Waals surface area contributed by atoms with Crippen LogP contribution in [0.1, 0.15) is 32.8 Å². The number of aldehydes is 1. The van der Waals surface area contributed by atoms with Crippen LogP contribution in [-0.4, -0.2) is 17.9 Å². The van der Waals surface area contributed by atoms with E-state index in [1.54, 1.807) is 20.8 Å². The van der Waals surface area contributed by atoms with Crippen molar-refractivity contribution in [2.45, 2.75) is 39.2 Å². The van der Waals surface area contributed by atoms with Crippen LogP contribution in [0.5, 0.6) is 0 Å². The van der Waals surface area contributed by atoms with E-state index in [0.29, 0.717) is 6.29 Å². The standard InChI is InChI=1S/C8H8Br.C8H13O3.W/c1-2-7-3-5-8(9)6-4-7;1-8(2,3)11-7(10)5-4-6-9;/h3-6H,1-2H2;4,6H,5H2,1-3H3;/q2*-1;+2. The van der Waals surface area contributed by atoms with Gasteiger partial charge in [-0.05, 0) is 39.2 Å². The second kappa shape index (κ2) is 12.0. The molecule has 1 rings (SSSR count). The summed E-state index contributed by atoms with van der Waals surface area (Å²) < 4.78 is 6.04. The topological polar surface area (TPSA) is 43.4 Å². The van der Waals surface area contributed by atoms with Crippen LogP contribution >= 0.6 is 15.9 Å². The van der Waals surface area contributed by atoms with E-state index < -0.39 is 5.60 Å². The zero-order valence-corrected chi connectivity index (χ0v) is 17.1. The van der Waals surface area contributed by atoms with Gasteiger partial charge in [-0.25, -0.2) is 0 Å². The van der Waals surface area contributed by atoms with E-state index in [2.05, 4.69) is 35.0 Å². The second-order valence-electron chi connectivity index (χ2n) is 5.04. The molecule has 0 atom stereocenters. The van der Waals surface area contributed by atoms with E-state index in [1.165, 1.54) is 12.0 Å². The van der Waals surface area contributed by atoms with Crippen molar-refractivity contribution >= 4 is 28.2 Å². The number of rotatable bonds is 4. The summed E-state index contributed by atoms with van der Waals surface area (Å²) >= 11 is 3.35. The third-order valence-corrected chi connectivity index (χ3v) is 2.53. The van der Waals surface area contributed by atoms with E-state index >= 15 is 0 Å². The van der Waals surface area contributed by atoms with Gasteiger partial charge in [-0.1, -0.05) is 40.0 Å². The van der Waals surface area contributed by atoms with Gasteiger partial charge in [0.05, 0.1) is 0 Å². The molecule has 3 nitrogen and oxygen atoms in total. The smallest absolute Gasteiger partial charge is 0.462 e. The second-order valence-corrected chi connectivity index (χ2v) is 5.95. The minimum atomic E-state index is -0.464. The number of hydrogen-bond donors (Lipinski definition) is 0. The summed E-state index contributed by atoms with van der Waals surface area (Å²) in [6.45, 7) is 9.12. The van der Waals surface area contributed by atoms with Crippen molar-refractivity contribution in [1.29, 1.82) is 0 Å². The first-order valence-corrected chi connectivity index (χ1v) is 7.10. The third kappa shape index (κ3) is 14.1. The molecule has 0 saturated heterocycles. The van der Waals surface area contributed by atoms with Crippen molar-refractivity contribution < 1.29 is 35.4 Å². The molecule has 0 fully saturated rings. The van der Waals surface area contributed by atoms with Crippen LogP contribution in [0.15, 0.2) is 28.7 Å². The van der Waals surface area contributed by atoms with Crippen LogP contribution in [0, 0.1) is 13.3 Å². The Morgan fingerprint density at radius 2 is 1.86 bits per heavy atom. The van der Waals surface area contributed by atoms with Gasteiger partial charge >= 0.3 is 21.1 Å². The number of benzene rings is 1. The monoisotopic (exact) mass is 524 g/mol. The summed E-state index contributed by atoms with van der Waals surface area (Å²) in [6, 6.07) is 8.19. The maximum atomic E-state index is 10.8. The first kappa shape index (κ1) is 22.7. The Bertz CT molecular complexity index is 411. The van der Waals surface area contributed by atoms with Crippen LogP contribution in [-0.2, 0) is 41.8 Å². The Labute approximate surface area is 150 Å². The van der Waals surface area contributed by atoms with E-state index in [9.17, 15) is 9.59 Å². The van der Waals surface area contributed by atoms with Crippen LogP contribution < -0.4 is 0 Å². The summed E-state index contributed by atoms with van der Waals surface area (Å²) in [4.78, 5) is 20.6. The Kier molecular flexibility index (Phi) is 13.0. The molecule has 0 aliphatic carbocycles. The Hall–Kier alpha value is -0.602. The average molecular weight is 525 g/mol. The molecule has 0 aliphatic heterocycles. The van der Waals surface area contributed by atoms with Crippen molar-refractivity contribution in [3.8, 4) is 0 Å². The molecule has 0 spiro atoms. The number of hydrogen-bond acceptors (Lipinski definition) is 3. The fraction of sp³-hybridized carbons (Fsp3) is 0.375. The van der Waals surface area contributed by atoms with Crippen molar-refractivity contribution in [1.82, 2.24) is 0 Å². The fourth-order valence-electron chi connectivity index (χ4n) is 1.18. The minimum Gasteiger partial charge on any atom is -0.462 e. The van der Waals surface area contributed by atoms with Crippen LogP contribution in [0.2, 0.25) is 0 Å². The van der Waals surface area contributed by atoms with E-state index in [0.717, 1.165) is 10.9 Å². The maximum absolute atomic E-state index is 10.8. The van der Waals surface area contributed by atoms with Gasteiger partial charge in [-0.2, -0.15) is 6.42 Å². The number of esters is 1. The molecule has 21 heavy (non-hydrogen) atoms. The van der Waals surface area contributed by atoms with Gasteiger partial charge in [0.15, 0.2) is 0 Å². The van der Waals surface area contributed by atoms with E-state index in [4.69, 9.17) is 4.74 Å². The summed E-state index contributed by atoms with van der Waals surface area (Å²) in [5.41, 5.74) is 0.812. The quantitative estimate of drug-likeness (QED) is 0.340. The van der Waals surface area contributed by atoms with Gasteiger partial charge in [-0.15, -0.1) is 0 Å². The zero-order chi connectivity index (χ0) is 15.6. The van der Waals surface area contributed by atoms with E-state index in [1.807, 2.05) is 12.1 Å². The molecule has 0 heterocycles. The van der Waals surface area contributed by atoms with Gasteiger partial charge in [0.25, 0.3) is 5.97 Å². The van der Waals surface area contributed by atoms with Gasteiger partial charge in [0, 0.05) is 4.47 Å². The SMILES string of the molecule is CC(C)(C)OC(=O)C[CH-]C=O.[CH2-]Cc1ccc(Br)cc1.[W+2]. The van der Waals surface area contributed by atoms with Gasteiger partial charge in [0.2, 0.25) is 0 Å².